The number of benzene rings is 2. The molecule has 0 saturated heterocycles. The number of rotatable bonds is 11. The van der Waals surface area contributed by atoms with E-state index in [1.54, 1.807) is 12.1 Å². The van der Waals surface area contributed by atoms with Crippen molar-refractivity contribution in [2.24, 2.45) is 5.92 Å². The first kappa shape index (κ1) is 24.8. The molecule has 0 bridgehead atoms. The molecule has 34 heavy (non-hydrogen) atoms. The lowest BCUT2D eigenvalue weighted by Crippen LogP contribution is -2.52. The van der Waals surface area contributed by atoms with Crippen molar-refractivity contribution in [2.45, 2.75) is 45.4 Å². The van der Waals surface area contributed by atoms with Crippen LogP contribution in [0.25, 0.3) is 0 Å². The van der Waals surface area contributed by atoms with Crippen molar-refractivity contribution in [3.05, 3.63) is 95.9 Å². The Morgan fingerprint density at radius 2 is 1.47 bits per heavy atom. The summed E-state index contributed by atoms with van der Waals surface area (Å²) in [5, 5.41) is 5.48. The summed E-state index contributed by atoms with van der Waals surface area (Å²) in [5.74, 6) is -0.440. The molecule has 2 N–H and O–H groups in total. The molecule has 2 atom stereocenters. The Kier molecular flexibility index (Phi) is 9.03. The molecule has 2 aromatic carbocycles. The van der Waals surface area contributed by atoms with Gasteiger partial charge >= 0.3 is 6.09 Å². The Morgan fingerprint density at radius 3 is 2.06 bits per heavy atom. The van der Waals surface area contributed by atoms with E-state index in [9.17, 15) is 14.4 Å². The number of carbonyl (C=O) groups is 3. The van der Waals surface area contributed by atoms with Crippen LogP contribution in [0.4, 0.5) is 4.79 Å². The molecule has 7 nitrogen and oxygen atoms in total. The summed E-state index contributed by atoms with van der Waals surface area (Å²) < 4.78 is 10.6. The number of nitrogens with one attached hydrogen (secondary N) is 2. The number of hydrogen-bond acceptors (Lipinski definition) is 5. The molecule has 2 amide bonds. The second-order valence-electron chi connectivity index (χ2n) is 8.48. The van der Waals surface area contributed by atoms with E-state index in [2.05, 4.69) is 10.6 Å². The van der Waals surface area contributed by atoms with Crippen molar-refractivity contribution in [3.8, 4) is 0 Å². The molecule has 0 aliphatic carbocycles. The number of hydrogen-bond donors (Lipinski definition) is 2. The Bertz CT molecular complexity index is 1050. The predicted octanol–water partition coefficient (Wildman–Crippen LogP) is 4.53. The SMILES string of the molecule is CC(C)C[C@H](NC(=O)[C@H](Cc1ccccc1)NC(=O)OCc1ccccc1)C(=O)c1ccco1. The van der Waals surface area contributed by atoms with E-state index in [-0.39, 0.29) is 30.5 Å². The molecule has 0 saturated carbocycles. The highest BCUT2D eigenvalue weighted by Crippen LogP contribution is 2.13. The molecule has 0 aliphatic rings. The van der Waals surface area contributed by atoms with E-state index in [0.29, 0.717) is 6.42 Å². The molecule has 3 rings (SSSR count). The third-order valence-corrected chi connectivity index (χ3v) is 5.21. The highest BCUT2D eigenvalue weighted by molar-refractivity contribution is 6.00. The Hall–Kier alpha value is -3.87. The minimum atomic E-state index is -0.926. The summed E-state index contributed by atoms with van der Waals surface area (Å²) in [6.45, 7) is 4.02. The maximum atomic E-state index is 13.3. The lowest BCUT2D eigenvalue weighted by molar-refractivity contribution is -0.123. The van der Waals surface area contributed by atoms with Crippen molar-refractivity contribution in [1.82, 2.24) is 10.6 Å². The van der Waals surface area contributed by atoms with E-state index in [0.717, 1.165) is 11.1 Å². The Morgan fingerprint density at radius 1 is 0.824 bits per heavy atom. The van der Waals surface area contributed by atoms with Crippen LogP contribution < -0.4 is 10.6 Å². The lowest BCUT2D eigenvalue weighted by Gasteiger charge is -2.23. The van der Waals surface area contributed by atoms with Crippen molar-refractivity contribution < 1.29 is 23.5 Å². The summed E-state index contributed by atoms with van der Waals surface area (Å²) >= 11 is 0. The molecular weight excluding hydrogens is 432 g/mol. The molecule has 0 radical (unpaired) electrons. The van der Waals surface area contributed by atoms with Crippen LogP contribution >= 0.6 is 0 Å². The first-order chi connectivity index (χ1) is 16.4. The average Bonchev–Trinajstić information content (AvgIpc) is 3.37. The average molecular weight is 463 g/mol. The highest BCUT2D eigenvalue weighted by atomic mass is 16.5. The van der Waals surface area contributed by atoms with Gasteiger partial charge in [-0.25, -0.2) is 4.79 Å². The molecule has 1 aromatic heterocycles. The van der Waals surface area contributed by atoms with Gasteiger partial charge in [0.25, 0.3) is 0 Å². The van der Waals surface area contributed by atoms with Crippen molar-refractivity contribution in [1.29, 1.82) is 0 Å². The fourth-order valence-corrected chi connectivity index (χ4v) is 3.53. The van der Waals surface area contributed by atoms with Gasteiger partial charge in [-0.2, -0.15) is 0 Å². The summed E-state index contributed by atoms with van der Waals surface area (Å²) in [7, 11) is 0. The van der Waals surface area contributed by atoms with Crippen LogP contribution in [0.2, 0.25) is 0 Å². The largest absolute Gasteiger partial charge is 0.461 e. The van der Waals surface area contributed by atoms with Gasteiger partial charge in [-0.3, -0.25) is 9.59 Å². The van der Waals surface area contributed by atoms with Gasteiger partial charge in [0, 0.05) is 6.42 Å². The zero-order valence-electron chi connectivity index (χ0n) is 19.4. The monoisotopic (exact) mass is 462 g/mol. The minimum Gasteiger partial charge on any atom is -0.461 e. The number of amides is 2. The molecule has 0 spiro atoms. The maximum absolute atomic E-state index is 13.3. The van der Waals surface area contributed by atoms with E-state index in [1.165, 1.54) is 6.26 Å². The third-order valence-electron chi connectivity index (χ3n) is 5.21. The summed E-state index contributed by atoms with van der Waals surface area (Å²) in [6.07, 6.45) is 1.39. The molecule has 7 heteroatoms. The molecule has 0 aliphatic heterocycles. The molecule has 1 heterocycles. The van der Waals surface area contributed by atoms with Crippen LogP contribution in [0.1, 0.15) is 41.9 Å². The Balaban J connectivity index is 1.71. The van der Waals surface area contributed by atoms with Crippen LogP contribution in [0, 0.1) is 5.92 Å². The van der Waals surface area contributed by atoms with Gasteiger partial charge in [0.2, 0.25) is 11.7 Å². The van der Waals surface area contributed by atoms with E-state index in [4.69, 9.17) is 9.15 Å². The fourth-order valence-electron chi connectivity index (χ4n) is 3.53. The Labute approximate surface area is 199 Å². The molecule has 0 unspecified atom stereocenters. The number of Topliss-reactive ketones (excluding diaryl/α,β-unsaturated/α-hetero) is 1. The lowest BCUT2D eigenvalue weighted by atomic mass is 9.98. The minimum absolute atomic E-state index is 0.0826. The van der Waals surface area contributed by atoms with Crippen LogP contribution in [-0.4, -0.2) is 29.9 Å². The van der Waals surface area contributed by atoms with Gasteiger partial charge in [-0.05, 0) is 35.6 Å². The number of alkyl carbamates (subject to hydrolysis) is 1. The van der Waals surface area contributed by atoms with Gasteiger partial charge in [-0.15, -0.1) is 0 Å². The van der Waals surface area contributed by atoms with Crippen LogP contribution in [0.5, 0.6) is 0 Å². The molecule has 3 aromatic rings. The van der Waals surface area contributed by atoms with Crippen LogP contribution in [0.15, 0.2) is 83.5 Å². The summed E-state index contributed by atoms with van der Waals surface area (Å²) in [6, 6.07) is 20.1. The van der Waals surface area contributed by atoms with E-state index in [1.807, 2.05) is 74.5 Å². The van der Waals surface area contributed by atoms with Gasteiger partial charge in [0.15, 0.2) is 5.76 Å². The van der Waals surface area contributed by atoms with Crippen LogP contribution in [-0.2, 0) is 22.6 Å². The maximum Gasteiger partial charge on any atom is 0.408 e. The first-order valence-electron chi connectivity index (χ1n) is 11.3. The predicted molar refractivity (Wildman–Crippen MR) is 128 cm³/mol. The normalized spacial score (nSPS) is 12.6. The standard InChI is InChI=1S/C27H30N2O5/c1-19(2)16-22(25(30)24-14-9-15-33-24)28-26(31)23(17-20-10-5-3-6-11-20)29-27(32)34-18-21-12-7-4-8-13-21/h3-15,19,22-23H,16-18H2,1-2H3,(H,28,31)(H,29,32)/t22-,23-/m0/s1. The van der Waals surface area contributed by atoms with Crippen molar-refractivity contribution >= 4 is 17.8 Å². The number of furan rings is 1. The molecule has 178 valence electrons. The quantitative estimate of drug-likeness (QED) is 0.408. The van der Waals surface area contributed by atoms with Gasteiger partial charge < -0.3 is 19.8 Å². The number of ether oxygens (including phenoxy) is 1. The molecular formula is C27H30N2O5. The summed E-state index contributed by atoms with van der Waals surface area (Å²) in [4.78, 5) is 38.7. The second kappa shape index (κ2) is 12.4. The van der Waals surface area contributed by atoms with Crippen molar-refractivity contribution in [3.63, 3.8) is 0 Å². The smallest absolute Gasteiger partial charge is 0.408 e. The topological polar surface area (TPSA) is 97.6 Å². The summed E-state index contributed by atoms with van der Waals surface area (Å²) in [5.41, 5.74) is 1.70. The number of carbonyl (C=O) groups excluding carboxylic acids is 3. The third kappa shape index (κ3) is 7.62. The van der Waals surface area contributed by atoms with E-state index < -0.39 is 24.1 Å². The fraction of sp³-hybridized carbons (Fsp3) is 0.296. The molecule has 0 fully saturated rings. The number of ketones is 1. The zero-order valence-corrected chi connectivity index (χ0v) is 19.4. The van der Waals surface area contributed by atoms with Gasteiger partial charge in [0.05, 0.1) is 12.3 Å². The van der Waals surface area contributed by atoms with Crippen LogP contribution in [0.3, 0.4) is 0 Å². The van der Waals surface area contributed by atoms with Gasteiger partial charge in [0.1, 0.15) is 12.6 Å². The second-order valence-corrected chi connectivity index (χ2v) is 8.48. The van der Waals surface area contributed by atoms with Crippen molar-refractivity contribution in [2.75, 3.05) is 0 Å². The first-order valence-corrected chi connectivity index (χ1v) is 11.3. The highest BCUT2D eigenvalue weighted by Gasteiger charge is 2.29. The zero-order chi connectivity index (χ0) is 24.3. The van der Waals surface area contributed by atoms with Gasteiger partial charge in [-0.1, -0.05) is 74.5 Å². The van der Waals surface area contributed by atoms with E-state index >= 15 is 0 Å².